The third-order valence-corrected chi connectivity index (χ3v) is 6.01. The van der Waals surface area contributed by atoms with Gasteiger partial charge in [0.25, 0.3) is 5.91 Å². The van der Waals surface area contributed by atoms with Gasteiger partial charge in [-0.15, -0.1) is 12.4 Å². The van der Waals surface area contributed by atoms with Gasteiger partial charge in [-0.3, -0.25) is 4.79 Å². The summed E-state index contributed by atoms with van der Waals surface area (Å²) >= 11 is 0. The first-order valence-electron chi connectivity index (χ1n) is 11.9. The number of hydrogen-bond donors (Lipinski definition) is 3. The van der Waals surface area contributed by atoms with E-state index in [1.54, 1.807) is 25.1 Å². The number of aryl methyl sites for hydroxylation is 2. The zero-order valence-corrected chi connectivity index (χ0v) is 21.4. The van der Waals surface area contributed by atoms with Crippen LogP contribution in [0.4, 0.5) is 8.78 Å². The zero-order valence-electron chi connectivity index (χ0n) is 20.6. The molecule has 0 aliphatic rings. The fourth-order valence-corrected chi connectivity index (χ4v) is 4.22. The SMILES string of the molecule is CCc1cccc(CNC[C@H](O)[C@H](Cc2cc(F)cc(F)c2)NC(=O)c2cccc3nc(C)oc23)c1.Cl. The molecule has 0 aliphatic heterocycles. The number of amides is 1. The molecule has 9 heteroatoms. The fourth-order valence-electron chi connectivity index (χ4n) is 4.22. The molecule has 0 spiro atoms. The lowest BCUT2D eigenvalue weighted by molar-refractivity contribution is 0.0830. The number of oxazole rings is 1. The highest BCUT2D eigenvalue weighted by atomic mass is 35.5. The lowest BCUT2D eigenvalue weighted by Gasteiger charge is -2.25. The molecule has 6 nitrogen and oxygen atoms in total. The topological polar surface area (TPSA) is 87.4 Å². The molecule has 1 heterocycles. The molecular weight excluding hydrogens is 500 g/mol. The number of hydrogen-bond acceptors (Lipinski definition) is 5. The van der Waals surface area contributed by atoms with Gasteiger partial charge >= 0.3 is 0 Å². The number of benzene rings is 3. The molecule has 0 radical (unpaired) electrons. The summed E-state index contributed by atoms with van der Waals surface area (Å²) in [7, 11) is 0. The second-order valence-corrected chi connectivity index (χ2v) is 8.82. The highest BCUT2D eigenvalue weighted by Gasteiger charge is 2.24. The van der Waals surface area contributed by atoms with Crippen molar-refractivity contribution in [2.45, 2.75) is 45.4 Å². The van der Waals surface area contributed by atoms with Crippen LogP contribution in [0.5, 0.6) is 0 Å². The molecule has 0 aliphatic carbocycles. The van der Waals surface area contributed by atoms with Crippen molar-refractivity contribution < 1.29 is 23.1 Å². The van der Waals surface area contributed by atoms with Gasteiger partial charge in [0.2, 0.25) is 0 Å². The maximum atomic E-state index is 13.8. The molecule has 0 fully saturated rings. The monoisotopic (exact) mass is 529 g/mol. The van der Waals surface area contributed by atoms with Crippen molar-refractivity contribution in [3.8, 4) is 0 Å². The van der Waals surface area contributed by atoms with Crippen LogP contribution in [-0.4, -0.2) is 34.7 Å². The molecule has 0 bridgehead atoms. The summed E-state index contributed by atoms with van der Waals surface area (Å²) < 4.78 is 33.2. The highest BCUT2D eigenvalue weighted by molar-refractivity contribution is 6.04. The van der Waals surface area contributed by atoms with Gasteiger partial charge in [-0.25, -0.2) is 13.8 Å². The number of para-hydroxylation sites is 1. The second kappa shape index (κ2) is 12.8. The van der Waals surface area contributed by atoms with Gasteiger partial charge in [0.15, 0.2) is 11.5 Å². The smallest absolute Gasteiger partial charge is 0.255 e. The first-order chi connectivity index (χ1) is 17.3. The minimum absolute atomic E-state index is 0. The van der Waals surface area contributed by atoms with Crippen molar-refractivity contribution in [2.24, 2.45) is 0 Å². The fraction of sp³-hybridized carbons (Fsp3) is 0.286. The number of carbonyl (C=O) groups is 1. The summed E-state index contributed by atoms with van der Waals surface area (Å²) in [4.78, 5) is 17.4. The number of halogens is 3. The molecule has 196 valence electrons. The standard InChI is InChI=1S/C28H29F2N3O3.ClH/c1-3-18-6-4-7-19(10-18)15-31-16-26(34)25(13-20-11-21(29)14-22(30)12-20)33-28(35)23-8-5-9-24-27(23)36-17(2)32-24;/h4-12,14,25-26,31,34H,3,13,15-16H2,1-2H3,(H,33,35);1H/t25-,26-;/m0./s1. The van der Waals surface area contributed by atoms with Crippen molar-refractivity contribution >= 4 is 29.4 Å². The summed E-state index contributed by atoms with van der Waals surface area (Å²) in [5.41, 5.74) is 3.75. The highest BCUT2D eigenvalue weighted by Crippen LogP contribution is 2.20. The van der Waals surface area contributed by atoms with E-state index >= 15 is 0 Å². The van der Waals surface area contributed by atoms with Gasteiger partial charge < -0.3 is 20.2 Å². The molecule has 3 aromatic carbocycles. The van der Waals surface area contributed by atoms with Crippen molar-refractivity contribution in [3.05, 3.63) is 100 Å². The van der Waals surface area contributed by atoms with E-state index in [1.807, 2.05) is 12.1 Å². The third-order valence-electron chi connectivity index (χ3n) is 6.01. The summed E-state index contributed by atoms with van der Waals surface area (Å²) in [6.45, 7) is 4.45. The lowest BCUT2D eigenvalue weighted by atomic mass is 10.00. The number of aliphatic hydroxyl groups excluding tert-OH is 1. The zero-order chi connectivity index (χ0) is 25.7. The van der Waals surface area contributed by atoms with Crippen LogP contribution in [0.1, 0.15) is 39.9 Å². The maximum Gasteiger partial charge on any atom is 0.255 e. The van der Waals surface area contributed by atoms with Crippen LogP contribution in [0.3, 0.4) is 0 Å². The molecule has 1 amide bonds. The van der Waals surface area contributed by atoms with Crippen LogP contribution in [-0.2, 0) is 19.4 Å². The predicted octanol–water partition coefficient (Wildman–Crippen LogP) is 4.89. The Bertz CT molecular complexity index is 1340. The van der Waals surface area contributed by atoms with Crippen LogP contribution in [0, 0.1) is 18.6 Å². The molecule has 37 heavy (non-hydrogen) atoms. The van der Waals surface area contributed by atoms with Gasteiger partial charge in [0, 0.05) is 26.1 Å². The molecule has 3 N–H and O–H groups in total. The Morgan fingerprint density at radius 2 is 1.73 bits per heavy atom. The Hall–Kier alpha value is -3.33. The van der Waals surface area contributed by atoms with Crippen molar-refractivity contribution in [1.82, 2.24) is 15.6 Å². The predicted molar refractivity (Wildman–Crippen MR) is 141 cm³/mol. The number of nitrogens with zero attached hydrogens (tertiary/aromatic N) is 1. The average molecular weight is 530 g/mol. The minimum Gasteiger partial charge on any atom is -0.440 e. The largest absolute Gasteiger partial charge is 0.440 e. The quantitative estimate of drug-likeness (QED) is 0.272. The van der Waals surface area contributed by atoms with E-state index in [0.29, 0.717) is 29.1 Å². The normalized spacial score (nSPS) is 12.7. The molecule has 1 aromatic heterocycles. The number of aromatic nitrogens is 1. The van der Waals surface area contributed by atoms with E-state index in [4.69, 9.17) is 4.42 Å². The Morgan fingerprint density at radius 3 is 2.46 bits per heavy atom. The third kappa shape index (κ3) is 7.35. The summed E-state index contributed by atoms with van der Waals surface area (Å²) in [5, 5.41) is 17.0. The first-order valence-corrected chi connectivity index (χ1v) is 11.9. The lowest BCUT2D eigenvalue weighted by Crippen LogP contribution is -2.48. The van der Waals surface area contributed by atoms with E-state index in [0.717, 1.165) is 18.1 Å². The van der Waals surface area contributed by atoms with Crippen LogP contribution in [0.2, 0.25) is 0 Å². The van der Waals surface area contributed by atoms with E-state index in [1.165, 1.54) is 17.7 Å². The van der Waals surface area contributed by atoms with Gasteiger partial charge in [-0.1, -0.05) is 37.3 Å². The Balaban J connectivity index is 0.00000380. The van der Waals surface area contributed by atoms with Gasteiger partial charge in [0.05, 0.1) is 17.7 Å². The number of nitrogens with one attached hydrogen (secondary N) is 2. The molecule has 0 unspecified atom stereocenters. The average Bonchev–Trinajstić information content (AvgIpc) is 3.23. The van der Waals surface area contributed by atoms with Gasteiger partial charge in [-0.2, -0.15) is 0 Å². The van der Waals surface area contributed by atoms with E-state index in [-0.39, 0.29) is 30.9 Å². The minimum atomic E-state index is -1.04. The summed E-state index contributed by atoms with van der Waals surface area (Å²) in [6, 6.07) is 15.5. The van der Waals surface area contributed by atoms with Gasteiger partial charge in [-0.05, 0) is 53.8 Å². The van der Waals surface area contributed by atoms with Crippen molar-refractivity contribution in [1.29, 1.82) is 0 Å². The number of fused-ring (bicyclic) bond motifs is 1. The van der Waals surface area contributed by atoms with E-state index < -0.39 is 29.7 Å². The Morgan fingerprint density at radius 1 is 1.03 bits per heavy atom. The first kappa shape index (κ1) is 28.2. The molecular formula is C28H30ClF2N3O3. The number of carbonyl (C=O) groups excluding carboxylic acids is 1. The van der Waals surface area contributed by atoms with Crippen LogP contribution >= 0.6 is 12.4 Å². The van der Waals surface area contributed by atoms with Crippen LogP contribution < -0.4 is 10.6 Å². The summed E-state index contributed by atoms with van der Waals surface area (Å²) in [5.74, 6) is -1.50. The van der Waals surface area contributed by atoms with Crippen molar-refractivity contribution in [2.75, 3.05) is 6.54 Å². The number of rotatable bonds is 10. The van der Waals surface area contributed by atoms with Gasteiger partial charge in [0.1, 0.15) is 17.2 Å². The van der Waals surface area contributed by atoms with E-state index in [2.05, 4.69) is 34.7 Å². The van der Waals surface area contributed by atoms with Crippen LogP contribution in [0.15, 0.2) is 65.1 Å². The van der Waals surface area contributed by atoms with E-state index in [9.17, 15) is 18.7 Å². The molecule has 0 saturated heterocycles. The molecule has 0 saturated carbocycles. The van der Waals surface area contributed by atoms with Crippen molar-refractivity contribution in [3.63, 3.8) is 0 Å². The molecule has 2 atom stereocenters. The Labute approximate surface area is 220 Å². The molecule has 4 rings (SSSR count). The second-order valence-electron chi connectivity index (χ2n) is 8.82. The number of aliphatic hydroxyl groups is 1. The maximum absolute atomic E-state index is 13.8. The summed E-state index contributed by atoms with van der Waals surface area (Å²) in [6.07, 6.45) is -0.0861. The van der Waals surface area contributed by atoms with Crippen LogP contribution in [0.25, 0.3) is 11.1 Å². The Kier molecular flexibility index (Phi) is 9.74. The molecule has 4 aromatic rings.